The van der Waals surface area contributed by atoms with Crippen LogP contribution in [0, 0.1) is 11.6 Å². The van der Waals surface area contributed by atoms with Crippen LogP contribution < -0.4 is 21.1 Å². The van der Waals surface area contributed by atoms with Crippen LogP contribution in [-0.2, 0) is 7.05 Å². The number of benzene rings is 1. The van der Waals surface area contributed by atoms with Gasteiger partial charge in [-0.2, -0.15) is 14.3 Å². The molecule has 3 atom stereocenters. The molecule has 2 aliphatic rings. The first kappa shape index (κ1) is 26.9. The van der Waals surface area contributed by atoms with Crippen molar-refractivity contribution in [1.29, 1.82) is 0 Å². The number of nitrogens with one attached hydrogen (secondary N) is 2. The van der Waals surface area contributed by atoms with E-state index in [4.69, 9.17) is 4.74 Å². The number of hydrogen-bond acceptors (Lipinski definition) is 9. The van der Waals surface area contributed by atoms with Crippen LogP contribution in [0.4, 0.5) is 30.6 Å². The van der Waals surface area contributed by atoms with Crippen molar-refractivity contribution in [3.05, 3.63) is 40.4 Å². The van der Waals surface area contributed by atoms with Crippen molar-refractivity contribution >= 4 is 17.5 Å². The van der Waals surface area contributed by atoms with E-state index in [-0.39, 0.29) is 47.1 Å². The molecule has 2 aliphatic heterocycles. The topological polar surface area (TPSA) is 115 Å². The van der Waals surface area contributed by atoms with E-state index in [0.29, 0.717) is 6.04 Å². The van der Waals surface area contributed by atoms with E-state index in [2.05, 4.69) is 49.8 Å². The first-order chi connectivity index (χ1) is 18.5. The third kappa shape index (κ3) is 5.56. The molecule has 3 aromatic rings. The van der Waals surface area contributed by atoms with Crippen LogP contribution >= 0.6 is 0 Å². The van der Waals surface area contributed by atoms with Gasteiger partial charge in [0.15, 0.2) is 17.5 Å². The molecular formula is C25H32F3N9O2. The summed E-state index contributed by atoms with van der Waals surface area (Å²) in [5.74, 6) is -1.55. The second kappa shape index (κ2) is 10.5. The molecule has 2 saturated heterocycles. The van der Waals surface area contributed by atoms with Gasteiger partial charge in [-0.3, -0.25) is 4.90 Å². The lowest BCUT2D eigenvalue weighted by Crippen LogP contribution is -2.55. The maximum absolute atomic E-state index is 15.1. The van der Waals surface area contributed by atoms with Crippen molar-refractivity contribution in [1.82, 2.24) is 34.7 Å². The summed E-state index contributed by atoms with van der Waals surface area (Å²) in [7, 11) is 1.40. The highest BCUT2D eigenvalue weighted by Crippen LogP contribution is 2.38. The molecule has 11 nitrogen and oxygen atoms in total. The summed E-state index contributed by atoms with van der Waals surface area (Å²) >= 11 is 0. The lowest BCUT2D eigenvalue weighted by molar-refractivity contribution is 0.0500. The Balaban J connectivity index is 1.41. The average Bonchev–Trinajstić information content (AvgIpc) is 3.48. The molecule has 4 heterocycles. The number of piperidine rings is 1. The van der Waals surface area contributed by atoms with Gasteiger partial charge in [-0.25, -0.2) is 22.9 Å². The van der Waals surface area contributed by atoms with E-state index in [1.165, 1.54) is 20.0 Å². The van der Waals surface area contributed by atoms with Gasteiger partial charge >= 0.3 is 5.69 Å². The van der Waals surface area contributed by atoms with Crippen LogP contribution in [0.2, 0.25) is 0 Å². The van der Waals surface area contributed by atoms with E-state index in [9.17, 15) is 13.6 Å². The van der Waals surface area contributed by atoms with Crippen molar-refractivity contribution in [2.24, 2.45) is 7.05 Å². The van der Waals surface area contributed by atoms with Crippen molar-refractivity contribution in [2.75, 3.05) is 23.8 Å². The Morgan fingerprint density at radius 2 is 2.03 bits per heavy atom. The summed E-state index contributed by atoms with van der Waals surface area (Å²) in [4.78, 5) is 23.2. The summed E-state index contributed by atoms with van der Waals surface area (Å²) in [6, 6.07) is 2.70. The van der Waals surface area contributed by atoms with Crippen molar-refractivity contribution in [3.8, 4) is 11.4 Å². The third-order valence-electron chi connectivity index (χ3n) is 7.26. The molecular weight excluding hydrogens is 515 g/mol. The van der Waals surface area contributed by atoms with E-state index in [1.54, 1.807) is 0 Å². The van der Waals surface area contributed by atoms with Crippen LogP contribution in [0.15, 0.2) is 23.1 Å². The molecule has 0 amide bonds. The highest BCUT2D eigenvalue weighted by atomic mass is 19.1. The summed E-state index contributed by atoms with van der Waals surface area (Å²) in [6.07, 6.45) is 3.64. The minimum absolute atomic E-state index is 0.0118. The van der Waals surface area contributed by atoms with Crippen LogP contribution in [0.3, 0.4) is 0 Å². The summed E-state index contributed by atoms with van der Waals surface area (Å²) in [6.45, 7) is 6.40. The SMILES string of the molecule is CC(F)COc1cc(F)c(Nc2ncc(F)c(NC3CC4CCCN4C(C)(C)C3)n2)cc1-n1nnn(C)c1=O. The zero-order chi connectivity index (χ0) is 27.9. The predicted octanol–water partition coefficient (Wildman–Crippen LogP) is 3.33. The van der Waals surface area contributed by atoms with E-state index < -0.39 is 23.5 Å². The molecule has 2 fully saturated rings. The first-order valence-electron chi connectivity index (χ1n) is 12.9. The van der Waals surface area contributed by atoms with Crippen LogP contribution in [0.1, 0.15) is 46.5 Å². The molecule has 0 spiro atoms. The maximum Gasteiger partial charge on any atom is 0.368 e. The number of fused-ring (bicyclic) bond motifs is 1. The van der Waals surface area contributed by atoms with E-state index in [1.807, 2.05) is 0 Å². The average molecular weight is 548 g/mol. The number of ether oxygens (including phenoxy) is 1. The largest absolute Gasteiger partial charge is 0.488 e. The van der Waals surface area contributed by atoms with Gasteiger partial charge in [0.05, 0.1) is 11.9 Å². The molecule has 5 rings (SSSR count). The third-order valence-corrected chi connectivity index (χ3v) is 7.26. The van der Waals surface area contributed by atoms with Crippen LogP contribution in [-0.4, -0.2) is 71.6 Å². The Bertz CT molecular complexity index is 1410. The minimum atomic E-state index is -1.33. The number of halogens is 3. The van der Waals surface area contributed by atoms with Crippen LogP contribution in [0.25, 0.3) is 5.69 Å². The Morgan fingerprint density at radius 3 is 2.74 bits per heavy atom. The van der Waals surface area contributed by atoms with Gasteiger partial charge in [0, 0.05) is 30.7 Å². The summed E-state index contributed by atoms with van der Waals surface area (Å²) in [5, 5.41) is 13.4. The molecule has 3 unspecified atom stereocenters. The smallest absolute Gasteiger partial charge is 0.368 e. The molecule has 210 valence electrons. The molecule has 2 N–H and O–H groups in total. The zero-order valence-corrected chi connectivity index (χ0v) is 22.3. The molecule has 2 aromatic heterocycles. The fourth-order valence-electron chi connectivity index (χ4n) is 5.55. The van der Waals surface area contributed by atoms with E-state index >= 15 is 4.39 Å². The number of hydrogen-bond donors (Lipinski definition) is 2. The Morgan fingerprint density at radius 1 is 1.23 bits per heavy atom. The number of rotatable bonds is 8. The standard InChI is InChI=1S/C25H32F3N9O2/c1-14(26)13-39-21-9-17(27)19(10-20(21)37-24(38)35(4)33-34-37)31-23-29-12-18(28)22(32-23)30-15-8-16-6-5-7-36(16)25(2,3)11-15/h9-10,12,14-16H,5-8,11,13H2,1-4H3,(H2,29,30,31,32). The van der Waals surface area contributed by atoms with Gasteiger partial charge in [-0.05, 0) is 69.5 Å². The second-order valence-corrected chi connectivity index (χ2v) is 10.8. The summed E-state index contributed by atoms with van der Waals surface area (Å²) in [5.41, 5.74) is -0.736. The Kier molecular flexibility index (Phi) is 7.23. The van der Waals surface area contributed by atoms with Gasteiger partial charge in [-0.15, -0.1) is 0 Å². The van der Waals surface area contributed by atoms with E-state index in [0.717, 1.165) is 53.9 Å². The summed E-state index contributed by atoms with van der Waals surface area (Å²) < 4.78 is 50.6. The number of aryl methyl sites for hydroxylation is 1. The zero-order valence-electron chi connectivity index (χ0n) is 22.3. The van der Waals surface area contributed by atoms with Gasteiger partial charge in [0.25, 0.3) is 0 Å². The number of alkyl halides is 1. The second-order valence-electron chi connectivity index (χ2n) is 10.8. The molecule has 0 saturated carbocycles. The van der Waals surface area contributed by atoms with Gasteiger partial charge < -0.3 is 15.4 Å². The molecule has 0 aliphatic carbocycles. The number of tetrazole rings is 1. The number of anilines is 3. The van der Waals surface area contributed by atoms with Gasteiger partial charge in [-0.1, -0.05) is 0 Å². The van der Waals surface area contributed by atoms with Crippen molar-refractivity contribution < 1.29 is 17.9 Å². The first-order valence-corrected chi connectivity index (χ1v) is 12.9. The highest BCUT2D eigenvalue weighted by Gasteiger charge is 2.43. The molecule has 0 bridgehead atoms. The highest BCUT2D eigenvalue weighted by molar-refractivity contribution is 5.63. The molecule has 1 aromatic carbocycles. The maximum atomic E-state index is 15.1. The van der Waals surface area contributed by atoms with Crippen molar-refractivity contribution in [3.63, 3.8) is 0 Å². The van der Waals surface area contributed by atoms with Crippen molar-refractivity contribution in [2.45, 2.75) is 70.2 Å². The van der Waals surface area contributed by atoms with Gasteiger partial charge in [0.2, 0.25) is 5.95 Å². The number of aromatic nitrogens is 6. The Labute approximate surface area is 223 Å². The fourth-order valence-corrected chi connectivity index (χ4v) is 5.55. The Hall–Kier alpha value is -3.68. The minimum Gasteiger partial charge on any atom is -0.488 e. The monoisotopic (exact) mass is 547 g/mol. The lowest BCUT2D eigenvalue weighted by Gasteiger charge is -2.47. The molecule has 14 heteroatoms. The fraction of sp³-hybridized carbons (Fsp3) is 0.560. The van der Waals surface area contributed by atoms with Crippen LogP contribution in [0.5, 0.6) is 5.75 Å². The quantitative estimate of drug-likeness (QED) is 0.438. The number of nitrogens with zero attached hydrogens (tertiary/aromatic N) is 7. The molecule has 0 radical (unpaired) electrons. The normalized spacial score (nSPS) is 21.4. The lowest BCUT2D eigenvalue weighted by atomic mass is 9.84. The van der Waals surface area contributed by atoms with Gasteiger partial charge in [0.1, 0.15) is 24.2 Å². The predicted molar refractivity (Wildman–Crippen MR) is 138 cm³/mol. The molecule has 39 heavy (non-hydrogen) atoms.